The second-order valence-electron chi connectivity index (χ2n) is 3.36. The molecule has 0 radical (unpaired) electrons. The van der Waals surface area contributed by atoms with Gasteiger partial charge in [-0.25, -0.2) is 0 Å². The molecule has 16 heavy (non-hydrogen) atoms. The van der Waals surface area contributed by atoms with Gasteiger partial charge in [0.15, 0.2) is 0 Å². The monoisotopic (exact) mass is 223 g/mol. The normalized spacial score (nSPS) is 8.75. The Morgan fingerprint density at radius 3 is 1.94 bits per heavy atom. The van der Waals surface area contributed by atoms with Crippen LogP contribution in [0.15, 0.2) is 0 Å². The maximum absolute atomic E-state index is 5.05. The molecule has 0 amide bonds. The van der Waals surface area contributed by atoms with Crippen LogP contribution >= 0.6 is 0 Å². The molecular formula is C13H21NO2. The number of hydroxylamine groups is 2. The Hall–Kier alpha value is -1.32. The molecule has 0 saturated heterocycles. The van der Waals surface area contributed by atoms with E-state index in [2.05, 4.69) is 31.0 Å². The van der Waals surface area contributed by atoms with Crippen LogP contribution in [0.5, 0.6) is 0 Å². The van der Waals surface area contributed by atoms with E-state index in [4.69, 9.17) is 9.68 Å². The topological polar surface area (TPSA) is 21.7 Å². The fraction of sp³-hybridized carbons (Fsp3) is 0.692. The first-order chi connectivity index (χ1) is 7.85. The lowest BCUT2D eigenvalue weighted by atomic mass is 10.2. The van der Waals surface area contributed by atoms with Gasteiger partial charge in [0.25, 0.3) is 0 Å². The van der Waals surface area contributed by atoms with Crippen molar-refractivity contribution in [2.75, 3.05) is 6.54 Å². The van der Waals surface area contributed by atoms with E-state index in [0.717, 1.165) is 6.42 Å². The highest BCUT2D eigenvalue weighted by atomic mass is 16.9. The second-order valence-corrected chi connectivity index (χ2v) is 3.36. The molecule has 0 fully saturated rings. The zero-order valence-electron chi connectivity index (χ0n) is 10.5. The maximum atomic E-state index is 5.05. The predicted molar refractivity (Wildman–Crippen MR) is 64.5 cm³/mol. The number of hydrogen-bond acceptors (Lipinski definition) is 3. The van der Waals surface area contributed by atoms with E-state index in [0.29, 0.717) is 6.54 Å². The lowest BCUT2D eigenvalue weighted by molar-refractivity contribution is -0.297. The minimum absolute atomic E-state index is 0.688. The van der Waals surface area contributed by atoms with E-state index in [9.17, 15) is 0 Å². The van der Waals surface area contributed by atoms with Gasteiger partial charge in [-0.15, -0.1) is 0 Å². The van der Waals surface area contributed by atoms with Crippen LogP contribution in [-0.2, 0) is 9.68 Å². The van der Waals surface area contributed by atoms with Crippen LogP contribution in [0.3, 0.4) is 0 Å². The van der Waals surface area contributed by atoms with Gasteiger partial charge in [0.2, 0.25) is 0 Å². The van der Waals surface area contributed by atoms with Crippen molar-refractivity contribution in [1.29, 1.82) is 0 Å². The van der Waals surface area contributed by atoms with Crippen LogP contribution in [0.2, 0.25) is 0 Å². The van der Waals surface area contributed by atoms with Crippen LogP contribution in [0.25, 0.3) is 0 Å². The molecule has 0 aromatic rings. The average molecular weight is 223 g/mol. The molecule has 0 saturated carbocycles. The Kier molecular flexibility index (Phi) is 10.8. The lowest BCUT2D eigenvalue weighted by Crippen LogP contribution is -2.21. The van der Waals surface area contributed by atoms with Gasteiger partial charge in [-0.2, -0.15) is 0 Å². The third-order valence-electron chi connectivity index (χ3n) is 1.94. The van der Waals surface area contributed by atoms with Crippen molar-refractivity contribution in [3.05, 3.63) is 0 Å². The molecular weight excluding hydrogens is 202 g/mol. The van der Waals surface area contributed by atoms with Gasteiger partial charge in [0, 0.05) is 19.1 Å². The quantitative estimate of drug-likeness (QED) is 0.358. The average Bonchev–Trinajstić information content (AvgIpc) is 2.31. The van der Waals surface area contributed by atoms with Gasteiger partial charge < -0.3 is 9.68 Å². The van der Waals surface area contributed by atoms with Crippen molar-refractivity contribution in [3.63, 3.8) is 0 Å². The smallest absolute Gasteiger partial charge is 0.142 e. The van der Waals surface area contributed by atoms with E-state index >= 15 is 0 Å². The Bertz CT molecular complexity index is 245. The molecule has 90 valence electrons. The lowest BCUT2D eigenvalue weighted by Gasteiger charge is -2.13. The maximum Gasteiger partial charge on any atom is 0.142 e. The summed E-state index contributed by atoms with van der Waals surface area (Å²) in [5, 5.41) is 1.33. The highest BCUT2D eigenvalue weighted by molar-refractivity contribution is 4.86. The van der Waals surface area contributed by atoms with E-state index < -0.39 is 0 Å². The minimum atomic E-state index is 0.688. The van der Waals surface area contributed by atoms with Crippen molar-refractivity contribution in [2.45, 2.75) is 52.9 Å². The van der Waals surface area contributed by atoms with E-state index in [1.54, 1.807) is 13.8 Å². The molecule has 0 bridgehead atoms. The van der Waals surface area contributed by atoms with Gasteiger partial charge in [-0.1, -0.05) is 44.4 Å². The molecule has 0 aromatic heterocycles. The van der Waals surface area contributed by atoms with Crippen LogP contribution in [0.1, 0.15) is 52.9 Å². The van der Waals surface area contributed by atoms with Crippen molar-refractivity contribution in [1.82, 2.24) is 5.23 Å². The van der Waals surface area contributed by atoms with Crippen molar-refractivity contribution >= 4 is 0 Å². The fourth-order valence-electron chi connectivity index (χ4n) is 1.15. The van der Waals surface area contributed by atoms with Crippen LogP contribution in [-0.4, -0.2) is 11.8 Å². The summed E-state index contributed by atoms with van der Waals surface area (Å²) in [4.78, 5) is 10.1. The standard InChI is InChI=1S/C13H21NO2/c1-4-7-8-9-10-11-14(15-12-5-2)16-13-6-3/h4,7-11H2,1-3H3. The Balaban J connectivity index is 3.70. The number of rotatable bonds is 8. The largest absolute Gasteiger partial charge is 0.317 e. The third-order valence-corrected chi connectivity index (χ3v) is 1.94. The summed E-state index contributed by atoms with van der Waals surface area (Å²) in [6.45, 7) is 6.31. The molecule has 0 rings (SSSR count). The summed E-state index contributed by atoms with van der Waals surface area (Å²) >= 11 is 0. The van der Waals surface area contributed by atoms with E-state index in [1.165, 1.54) is 30.9 Å². The fourth-order valence-corrected chi connectivity index (χ4v) is 1.15. The molecule has 0 aliphatic carbocycles. The molecule has 3 heteroatoms. The number of hydrogen-bond donors (Lipinski definition) is 0. The summed E-state index contributed by atoms with van der Waals surface area (Å²) < 4.78 is 0. The number of nitrogens with zero attached hydrogens (tertiary/aromatic N) is 1. The summed E-state index contributed by atoms with van der Waals surface area (Å²) in [5.74, 6) is 5.29. The van der Waals surface area contributed by atoms with Crippen LogP contribution in [0, 0.1) is 24.1 Å². The molecule has 3 nitrogen and oxygen atoms in total. The minimum Gasteiger partial charge on any atom is -0.317 e. The molecule has 0 atom stereocenters. The van der Waals surface area contributed by atoms with Gasteiger partial charge in [0.05, 0.1) is 6.54 Å². The van der Waals surface area contributed by atoms with Gasteiger partial charge in [-0.3, -0.25) is 0 Å². The van der Waals surface area contributed by atoms with E-state index in [-0.39, 0.29) is 0 Å². The zero-order chi connectivity index (χ0) is 12.1. The predicted octanol–water partition coefficient (Wildman–Crippen LogP) is 3.08. The Labute approximate surface area is 99.0 Å². The summed E-state index contributed by atoms with van der Waals surface area (Å²) in [6, 6.07) is 0. The first-order valence-electron chi connectivity index (χ1n) is 5.80. The van der Waals surface area contributed by atoms with Crippen LogP contribution in [0.4, 0.5) is 0 Å². The highest BCUT2D eigenvalue weighted by Gasteiger charge is 2.03. The molecule has 0 aliphatic rings. The summed E-state index contributed by atoms with van der Waals surface area (Å²) in [6.07, 6.45) is 11.0. The molecule has 0 spiro atoms. The number of unbranched alkanes of at least 4 members (excludes halogenated alkanes) is 4. The van der Waals surface area contributed by atoms with E-state index in [1.807, 2.05) is 0 Å². The van der Waals surface area contributed by atoms with Gasteiger partial charge >= 0.3 is 0 Å². The molecule has 0 heterocycles. The second kappa shape index (κ2) is 11.8. The Morgan fingerprint density at radius 2 is 1.44 bits per heavy atom. The van der Waals surface area contributed by atoms with Crippen molar-refractivity contribution < 1.29 is 9.68 Å². The summed E-state index contributed by atoms with van der Waals surface area (Å²) in [5.41, 5.74) is 0. The summed E-state index contributed by atoms with van der Waals surface area (Å²) in [7, 11) is 0. The molecule has 0 N–H and O–H groups in total. The van der Waals surface area contributed by atoms with Crippen molar-refractivity contribution in [2.24, 2.45) is 0 Å². The molecule has 0 aromatic carbocycles. The first kappa shape index (κ1) is 14.7. The van der Waals surface area contributed by atoms with Crippen LogP contribution < -0.4 is 0 Å². The first-order valence-corrected chi connectivity index (χ1v) is 5.80. The Morgan fingerprint density at radius 1 is 0.875 bits per heavy atom. The SMILES string of the molecule is CC#CON(CCCCCCC)OC#CC. The third kappa shape index (κ3) is 9.24. The molecule has 0 aliphatic heterocycles. The highest BCUT2D eigenvalue weighted by Crippen LogP contribution is 2.04. The van der Waals surface area contributed by atoms with Gasteiger partial charge in [-0.05, 0) is 6.42 Å². The molecule has 0 unspecified atom stereocenters. The van der Waals surface area contributed by atoms with Gasteiger partial charge in [0.1, 0.15) is 12.2 Å². The zero-order valence-corrected chi connectivity index (χ0v) is 10.5. The van der Waals surface area contributed by atoms with Crippen molar-refractivity contribution in [3.8, 4) is 24.1 Å².